The Morgan fingerprint density at radius 2 is 1.84 bits per heavy atom. The molecule has 4 heterocycles. The van der Waals surface area contributed by atoms with Crippen LogP contribution in [0.25, 0.3) is 22.4 Å². The van der Waals surface area contributed by atoms with Gasteiger partial charge in [-0.15, -0.1) is 0 Å². The van der Waals surface area contributed by atoms with Crippen molar-refractivity contribution in [3.05, 3.63) is 36.4 Å². The topological polar surface area (TPSA) is 75.4 Å². The van der Waals surface area contributed by atoms with E-state index < -0.39 is 0 Å². The van der Waals surface area contributed by atoms with Crippen LogP contribution in [0, 0.1) is 23.6 Å². The predicted molar refractivity (Wildman–Crippen MR) is 119 cm³/mol. The van der Waals surface area contributed by atoms with Gasteiger partial charge in [0.15, 0.2) is 0 Å². The van der Waals surface area contributed by atoms with Gasteiger partial charge in [-0.05, 0) is 55.4 Å². The molecule has 2 aliphatic heterocycles. The van der Waals surface area contributed by atoms with E-state index in [0.717, 1.165) is 38.0 Å². The lowest BCUT2D eigenvalue weighted by atomic mass is 9.89. The number of likely N-dealkylation sites (tertiary alicyclic amines) is 1. The van der Waals surface area contributed by atoms with E-state index in [-0.39, 0.29) is 17.6 Å². The van der Waals surface area contributed by atoms with E-state index >= 15 is 0 Å². The molecule has 0 bridgehead atoms. The number of hydrogen-bond donors (Lipinski definition) is 0. The van der Waals surface area contributed by atoms with Gasteiger partial charge in [-0.3, -0.25) is 4.79 Å². The fourth-order valence-electron chi connectivity index (χ4n) is 5.29. The number of fused-ring (bicyclic) bond motifs is 1. The van der Waals surface area contributed by atoms with Gasteiger partial charge in [0, 0.05) is 31.7 Å². The van der Waals surface area contributed by atoms with Crippen molar-refractivity contribution in [3.63, 3.8) is 0 Å². The van der Waals surface area contributed by atoms with Crippen LogP contribution in [0.4, 0.5) is 10.2 Å². The molecule has 2 saturated heterocycles. The van der Waals surface area contributed by atoms with Crippen LogP contribution in [0.2, 0.25) is 0 Å². The zero-order valence-corrected chi connectivity index (χ0v) is 18.5. The zero-order chi connectivity index (χ0) is 22.2. The monoisotopic (exact) mass is 437 g/mol. The second kappa shape index (κ2) is 8.48. The van der Waals surface area contributed by atoms with Crippen LogP contribution in [0.5, 0.6) is 0 Å². The van der Waals surface area contributed by atoms with E-state index in [0.29, 0.717) is 41.0 Å². The minimum atomic E-state index is -0.309. The van der Waals surface area contributed by atoms with Crippen LogP contribution in [0.3, 0.4) is 0 Å². The van der Waals surface area contributed by atoms with Crippen molar-refractivity contribution in [2.45, 2.75) is 33.1 Å². The fourth-order valence-corrected chi connectivity index (χ4v) is 5.29. The Labute approximate surface area is 186 Å². The van der Waals surface area contributed by atoms with Crippen molar-refractivity contribution in [2.75, 3.05) is 31.1 Å². The second-order valence-electron chi connectivity index (χ2n) is 9.39. The van der Waals surface area contributed by atoms with Gasteiger partial charge in [-0.1, -0.05) is 19.0 Å². The summed E-state index contributed by atoms with van der Waals surface area (Å²) in [6, 6.07) is 6.14. The molecule has 8 heteroatoms. The van der Waals surface area contributed by atoms with Crippen LogP contribution in [-0.2, 0) is 4.79 Å². The molecule has 3 atom stereocenters. The van der Waals surface area contributed by atoms with Gasteiger partial charge in [-0.2, -0.15) is 4.98 Å². The Morgan fingerprint density at radius 1 is 1.09 bits per heavy atom. The molecule has 0 unspecified atom stereocenters. The van der Waals surface area contributed by atoms with Crippen molar-refractivity contribution < 1.29 is 13.7 Å². The molecule has 0 saturated carbocycles. The molecule has 2 fully saturated rings. The Kier molecular flexibility index (Phi) is 5.53. The quantitative estimate of drug-likeness (QED) is 0.613. The number of hydrogen-bond acceptors (Lipinski definition) is 6. The van der Waals surface area contributed by atoms with Gasteiger partial charge in [-0.25, -0.2) is 9.37 Å². The highest BCUT2D eigenvalue weighted by atomic mass is 19.1. The standard InChI is InChI=1S/C24H28FN5O2/c1-15-10-16(2)12-30(11-15)24(31)18-4-3-9-29(13-18)22-20-21(17-5-7-19(25)8-6-17)28-32-23(20)27-14-26-22/h5-8,14-16,18H,3-4,9-13H2,1-2H3/t15-,16-,18+/m1/s1. The van der Waals surface area contributed by atoms with Gasteiger partial charge >= 0.3 is 0 Å². The Balaban J connectivity index is 1.43. The molecule has 5 rings (SSSR count). The first-order chi connectivity index (χ1) is 15.5. The second-order valence-corrected chi connectivity index (χ2v) is 9.39. The van der Waals surface area contributed by atoms with Crippen molar-refractivity contribution in [1.29, 1.82) is 0 Å². The van der Waals surface area contributed by atoms with Crippen molar-refractivity contribution in [1.82, 2.24) is 20.0 Å². The first kappa shape index (κ1) is 20.8. The molecule has 2 aromatic heterocycles. The van der Waals surface area contributed by atoms with E-state index in [4.69, 9.17) is 4.52 Å². The number of piperidine rings is 2. The third-order valence-corrected chi connectivity index (χ3v) is 6.62. The van der Waals surface area contributed by atoms with E-state index in [9.17, 15) is 9.18 Å². The van der Waals surface area contributed by atoms with E-state index in [1.54, 1.807) is 12.1 Å². The summed E-state index contributed by atoms with van der Waals surface area (Å²) in [5.74, 6) is 1.69. The molecule has 0 aliphatic carbocycles. The average molecular weight is 438 g/mol. The maximum atomic E-state index is 13.4. The Bertz CT molecular complexity index is 1110. The van der Waals surface area contributed by atoms with Gasteiger partial charge in [0.25, 0.3) is 5.71 Å². The van der Waals surface area contributed by atoms with Gasteiger partial charge in [0.1, 0.15) is 29.0 Å². The molecule has 0 spiro atoms. The first-order valence-corrected chi connectivity index (χ1v) is 11.4. The van der Waals surface area contributed by atoms with Crippen LogP contribution < -0.4 is 4.90 Å². The highest BCUT2D eigenvalue weighted by molar-refractivity contribution is 5.98. The first-order valence-electron chi connectivity index (χ1n) is 11.4. The summed E-state index contributed by atoms with van der Waals surface area (Å²) in [5, 5.41) is 4.89. The van der Waals surface area contributed by atoms with E-state index in [1.807, 2.05) is 0 Å². The highest BCUT2D eigenvalue weighted by Gasteiger charge is 2.34. The number of benzene rings is 1. The maximum Gasteiger partial charge on any atom is 0.263 e. The molecule has 0 N–H and O–H groups in total. The van der Waals surface area contributed by atoms with Gasteiger partial charge < -0.3 is 14.3 Å². The van der Waals surface area contributed by atoms with Gasteiger partial charge in [0.05, 0.1) is 5.92 Å². The molecule has 3 aromatic rings. The summed E-state index contributed by atoms with van der Waals surface area (Å²) < 4.78 is 18.9. The summed E-state index contributed by atoms with van der Waals surface area (Å²) >= 11 is 0. The number of rotatable bonds is 3. The lowest BCUT2D eigenvalue weighted by molar-refractivity contribution is -0.138. The lowest BCUT2D eigenvalue weighted by Crippen LogP contribution is -2.49. The summed E-state index contributed by atoms with van der Waals surface area (Å²) in [5.41, 5.74) is 1.71. The van der Waals surface area contributed by atoms with Crippen molar-refractivity contribution >= 4 is 22.8 Å². The maximum absolute atomic E-state index is 13.4. The number of anilines is 1. The van der Waals surface area contributed by atoms with Gasteiger partial charge in [0.2, 0.25) is 5.91 Å². The average Bonchev–Trinajstić information content (AvgIpc) is 3.23. The van der Waals surface area contributed by atoms with E-state index in [2.05, 4.69) is 38.8 Å². The smallest absolute Gasteiger partial charge is 0.263 e. The fraction of sp³-hybridized carbons (Fsp3) is 0.500. The third kappa shape index (κ3) is 3.94. The largest absolute Gasteiger partial charge is 0.355 e. The van der Waals surface area contributed by atoms with Crippen LogP contribution in [0.1, 0.15) is 33.1 Å². The minimum Gasteiger partial charge on any atom is -0.355 e. The molecular formula is C24H28FN5O2. The Hall–Kier alpha value is -3.03. The van der Waals surface area contributed by atoms with Crippen LogP contribution in [0.15, 0.2) is 35.1 Å². The zero-order valence-electron chi connectivity index (χ0n) is 18.5. The summed E-state index contributed by atoms with van der Waals surface area (Å²) in [7, 11) is 0. The molecule has 0 radical (unpaired) electrons. The summed E-state index contributed by atoms with van der Waals surface area (Å²) in [6.45, 7) is 7.55. The molecule has 1 amide bonds. The highest BCUT2D eigenvalue weighted by Crippen LogP contribution is 2.35. The number of nitrogens with zero attached hydrogens (tertiary/aromatic N) is 5. The number of aromatic nitrogens is 3. The van der Waals surface area contributed by atoms with Crippen LogP contribution >= 0.6 is 0 Å². The van der Waals surface area contributed by atoms with Crippen LogP contribution in [-0.4, -0.2) is 52.1 Å². The number of amides is 1. The lowest BCUT2D eigenvalue weighted by Gasteiger charge is -2.40. The molecular weight excluding hydrogens is 409 g/mol. The molecule has 32 heavy (non-hydrogen) atoms. The molecule has 1 aromatic carbocycles. The van der Waals surface area contributed by atoms with Crippen molar-refractivity contribution in [3.8, 4) is 11.3 Å². The van der Waals surface area contributed by atoms with Crippen molar-refractivity contribution in [2.24, 2.45) is 17.8 Å². The summed E-state index contributed by atoms with van der Waals surface area (Å²) in [4.78, 5) is 26.3. The Morgan fingerprint density at radius 3 is 2.59 bits per heavy atom. The van der Waals surface area contributed by atoms with E-state index in [1.165, 1.54) is 24.9 Å². The number of halogens is 1. The summed E-state index contributed by atoms with van der Waals surface area (Å²) in [6.07, 6.45) is 4.45. The normalized spacial score (nSPS) is 24.2. The SMILES string of the molecule is C[C@@H]1C[C@@H](C)CN(C(=O)[C@H]2CCCN(c3ncnc4onc(-c5ccc(F)cc5)c34)C2)C1. The molecule has 7 nitrogen and oxygen atoms in total. The molecule has 168 valence electrons. The predicted octanol–water partition coefficient (Wildman–Crippen LogP) is 4.14. The third-order valence-electron chi connectivity index (χ3n) is 6.62. The number of carbonyl (C=O) groups excluding carboxylic acids is 1. The minimum absolute atomic E-state index is 0.0552. The molecule has 2 aliphatic rings. The number of carbonyl (C=O) groups is 1.